The van der Waals surface area contributed by atoms with Gasteiger partial charge in [-0.25, -0.2) is 4.68 Å². The number of hydrogen-bond donors (Lipinski definition) is 1. The van der Waals surface area contributed by atoms with Gasteiger partial charge in [0.15, 0.2) is 5.82 Å². The maximum Gasteiger partial charge on any atom is 0.182 e. The van der Waals surface area contributed by atoms with Crippen LogP contribution < -0.4 is 5.73 Å². The van der Waals surface area contributed by atoms with Crippen molar-refractivity contribution < 1.29 is 0 Å². The molecule has 0 aliphatic heterocycles. The first-order valence-electron chi connectivity index (χ1n) is 6.81. The molecule has 0 bridgehead atoms. The summed E-state index contributed by atoms with van der Waals surface area (Å²) in [4.78, 5) is 0. The van der Waals surface area contributed by atoms with E-state index in [1.165, 1.54) is 0 Å². The number of nitrogen functional groups attached to an aromatic ring is 1. The van der Waals surface area contributed by atoms with Crippen LogP contribution in [0.25, 0.3) is 11.4 Å². The summed E-state index contributed by atoms with van der Waals surface area (Å²) < 4.78 is 1.91. The van der Waals surface area contributed by atoms with E-state index >= 15 is 0 Å². The Morgan fingerprint density at radius 1 is 1.26 bits per heavy atom. The van der Waals surface area contributed by atoms with Crippen LogP contribution >= 0.6 is 0 Å². The first-order valence-corrected chi connectivity index (χ1v) is 6.81. The molecule has 0 fully saturated rings. The van der Waals surface area contributed by atoms with E-state index in [1.807, 2.05) is 28.9 Å². The topological polar surface area (TPSA) is 69.6 Å². The van der Waals surface area contributed by atoms with Crippen molar-refractivity contribution >= 4 is 5.69 Å². The molecule has 0 saturated heterocycles. The minimum Gasteiger partial charge on any atom is -0.399 e. The van der Waals surface area contributed by atoms with Gasteiger partial charge in [0.1, 0.15) is 0 Å². The fourth-order valence-corrected chi connectivity index (χ4v) is 2.51. The van der Waals surface area contributed by atoms with E-state index in [-0.39, 0.29) is 6.04 Å². The summed E-state index contributed by atoms with van der Waals surface area (Å²) in [6, 6.07) is 7.95. The zero-order valence-electron chi connectivity index (χ0n) is 11.7. The third-order valence-electron chi connectivity index (χ3n) is 3.75. The van der Waals surface area contributed by atoms with Gasteiger partial charge < -0.3 is 5.73 Å². The largest absolute Gasteiger partial charge is 0.399 e. The SMILES string of the molecule is CCC(CC)C(C)n1nnnc1-c1cccc(N)c1. The Bertz CT molecular complexity index is 530. The van der Waals surface area contributed by atoms with Gasteiger partial charge in [0.25, 0.3) is 0 Å². The number of benzene rings is 1. The van der Waals surface area contributed by atoms with Gasteiger partial charge in [-0.1, -0.05) is 38.8 Å². The molecule has 0 aliphatic rings. The lowest BCUT2D eigenvalue weighted by molar-refractivity contribution is 0.309. The summed E-state index contributed by atoms with van der Waals surface area (Å²) in [5.74, 6) is 1.36. The van der Waals surface area contributed by atoms with Crippen LogP contribution in [0.3, 0.4) is 0 Å². The maximum absolute atomic E-state index is 5.83. The monoisotopic (exact) mass is 259 g/mol. The van der Waals surface area contributed by atoms with Crippen molar-refractivity contribution in [2.75, 3.05) is 5.73 Å². The van der Waals surface area contributed by atoms with Gasteiger partial charge >= 0.3 is 0 Å². The Hall–Kier alpha value is -1.91. The highest BCUT2D eigenvalue weighted by molar-refractivity contribution is 5.60. The summed E-state index contributed by atoms with van der Waals surface area (Å²) in [5, 5.41) is 12.1. The summed E-state index contributed by atoms with van der Waals surface area (Å²) >= 11 is 0. The van der Waals surface area contributed by atoms with Gasteiger partial charge in [-0.15, -0.1) is 5.10 Å². The molecule has 1 unspecified atom stereocenters. The van der Waals surface area contributed by atoms with Gasteiger partial charge in [0, 0.05) is 11.3 Å². The molecule has 2 N–H and O–H groups in total. The second-order valence-electron chi connectivity index (χ2n) is 4.89. The van der Waals surface area contributed by atoms with Gasteiger partial charge in [0.2, 0.25) is 0 Å². The smallest absolute Gasteiger partial charge is 0.182 e. The fourth-order valence-electron chi connectivity index (χ4n) is 2.51. The summed E-state index contributed by atoms with van der Waals surface area (Å²) in [6.07, 6.45) is 2.24. The Morgan fingerprint density at radius 2 is 2.00 bits per heavy atom. The van der Waals surface area contributed by atoms with E-state index in [1.54, 1.807) is 0 Å². The standard InChI is InChI=1S/C14H21N5/c1-4-11(5-2)10(3)19-14(16-17-18-19)12-7-6-8-13(15)9-12/h6-11H,4-5,15H2,1-3H3. The predicted molar refractivity (Wildman–Crippen MR) is 76.4 cm³/mol. The highest BCUT2D eigenvalue weighted by Gasteiger charge is 2.20. The number of hydrogen-bond acceptors (Lipinski definition) is 4. The number of aromatic nitrogens is 4. The number of nitrogens with zero attached hydrogens (tertiary/aromatic N) is 4. The molecule has 1 atom stereocenters. The lowest BCUT2D eigenvalue weighted by Gasteiger charge is -2.22. The summed E-state index contributed by atoms with van der Waals surface area (Å²) in [5.41, 5.74) is 7.51. The van der Waals surface area contributed by atoms with Gasteiger partial charge in [-0.2, -0.15) is 0 Å². The Balaban J connectivity index is 2.37. The van der Waals surface area contributed by atoms with Crippen LogP contribution in [0, 0.1) is 5.92 Å². The number of tetrazole rings is 1. The van der Waals surface area contributed by atoms with Crippen molar-refractivity contribution in [2.24, 2.45) is 5.92 Å². The van der Waals surface area contributed by atoms with Gasteiger partial charge in [0.05, 0.1) is 6.04 Å². The van der Waals surface area contributed by atoms with Gasteiger partial charge in [-0.3, -0.25) is 0 Å². The van der Waals surface area contributed by atoms with Crippen molar-refractivity contribution in [1.29, 1.82) is 0 Å². The minimum absolute atomic E-state index is 0.279. The Morgan fingerprint density at radius 3 is 2.63 bits per heavy atom. The Kier molecular flexibility index (Phi) is 4.14. The maximum atomic E-state index is 5.83. The van der Waals surface area contributed by atoms with Crippen LogP contribution in [0.15, 0.2) is 24.3 Å². The van der Waals surface area contributed by atoms with Crippen molar-refractivity contribution in [3.05, 3.63) is 24.3 Å². The number of rotatable bonds is 5. The van der Waals surface area contributed by atoms with E-state index in [4.69, 9.17) is 5.73 Å². The van der Waals surface area contributed by atoms with Crippen molar-refractivity contribution in [2.45, 2.75) is 39.7 Å². The average molecular weight is 259 g/mol. The molecular weight excluding hydrogens is 238 g/mol. The first-order chi connectivity index (χ1) is 9.17. The highest BCUT2D eigenvalue weighted by atomic mass is 15.5. The molecule has 0 spiro atoms. The lowest BCUT2D eigenvalue weighted by atomic mass is 9.95. The molecule has 0 radical (unpaired) electrons. The first kappa shape index (κ1) is 13.5. The van der Waals surface area contributed by atoms with Crippen LogP contribution in [0.4, 0.5) is 5.69 Å². The third kappa shape index (κ3) is 2.75. The molecule has 1 aromatic carbocycles. The molecule has 102 valence electrons. The summed E-state index contributed by atoms with van der Waals surface area (Å²) in [6.45, 7) is 6.58. The molecule has 2 rings (SSSR count). The predicted octanol–water partition coefficient (Wildman–Crippen LogP) is 2.92. The second kappa shape index (κ2) is 5.82. The molecule has 19 heavy (non-hydrogen) atoms. The van der Waals surface area contributed by atoms with E-state index in [2.05, 4.69) is 36.3 Å². The van der Waals surface area contributed by atoms with Crippen LogP contribution in [0.5, 0.6) is 0 Å². The quantitative estimate of drug-likeness (QED) is 0.838. The number of anilines is 1. The molecule has 0 aliphatic carbocycles. The Labute approximate surface area is 113 Å². The molecular formula is C14H21N5. The normalized spacial score (nSPS) is 12.8. The third-order valence-corrected chi connectivity index (χ3v) is 3.75. The highest BCUT2D eigenvalue weighted by Crippen LogP contribution is 2.27. The zero-order valence-corrected chi connectivity index (χ0v) is 11.7. The van der Waals surface area contributed by atoms with Crippen LogP contribution in [-0.4, -0.2) is 20.2 Å². The van der Waals surface area contributed by atoms with Gasteiger partial charge in [-0.05, 0) is 35.4 Å². The molecule has 1 heterocycles. The van der Waals surface area contributed by atoms with Crippen molar-refractivity contribution in [1.82, 2.24) is 20.2 Å². The molecule has 5 nitrogen and oxygen atoms in total. The van der Waals surface area contributed by atoms with Crippen LogP contribution in [-0.2, 0) is 0 Å². The zero-order chi connectivity index (χ0) is 13.8. The molecule has 0 saturated carbocycles. The van der Waals surface area contributed by atoms with E-state index in [0.29, 0.717) is 5.92 Å². The second-order valence-corrected chi connectivity index (χ2v) is 4.89. The van der Waals surface area contributed by atoms with E-state index in [9.17, 15) is 0 Å². The average Bonchev–Trinajstić information content (AvgIpc) is 2.89. The summed E-state index contributed by atoms with van der Waals surface area (Å²) in [7, 11) is 0. The van der Waals surface area contributed by atoms with Crippen LogP contribution in [0.1, 0.15) is 39.7 Å². The van der Waals surface area contributed by atoms with Crippen molar-refractivity contribution in [3.63, 3.8) is 0 Å². The van der Waals surface area contributed by atoms with E-state index in [0.717, 1.165) is 29.9 Å². The number of nitrogens with two attached hydrogens (primary N) is 1. The van der Waals surface area contributed by atoms with Crippen LogP contribution in [0.2, 0.25) is 0 Å². The minimum atomic E-state index is 0.279. The van der Waals surface area contributed by atoms with E-state index < -0.39 is 0 Å². The molecule has 2 aromatic rings. The molecule has 0 amide bonds. The lowest BCUT2D eigenvalue weighted by Crippen LogP contribution is -2.18. The van der Waals surface area contributed by atoms with Crippen molar-refractivity contribution in [3.8, 4) is 11.4 Å². The fraction of sp³-hybridized carbons (Fsp3) is 0.500. The molecule has 5 heteroatoms. The molecule has 1 aromatic heterocycles.